The number of carboxylic acid groups (broad SMARTS) is 1. The lowest BCUT2D eigenvalue weighted by molar-refractivity contribution is 0.0697. The summed E-state index contributed by atoms with van der Waals surface area (Å²) in [4.78, 5) is 11.8. The number of hydrogen-bond donors (Lipinski definition) is 2. The molecule has 0 radical (unpaired) electrons. The smallest absolute Gasteiger partial charge is 0.336 e. The van der Waals surface area contributed by atoms with E-state index in [4.69, 9.17) is 9.84 Å². The van der Waals surface area contributed by atoms with Crippen molar-refractivity contribution >= 4 is 17.3 Å². The van der Waals surface area contributed by atoms with E-state index in [2.05, 4.69) is 5.32 Å². The Hall–Kier alpha value is -1.85. The minimum atomic E-state index is -0.870. The molecule has 20 heavy (non-hydrogen) atoms. The van der Waals surface area contributed by atoms with Crippen molar-refractivity contribution in [2.24, 2.45) is 0 Å². The third kappa shape index (κ3) is 4.08. The number of methoxy groups -OCH3 is 1. The Morgan fingerprint density at radius 2 is 2.10 bits per heavy atom. The van der Waals surface area contributed by atoms with E-state index in [1.807, 2.05) is 24.3 Å². The highest BCUT2D eigenvalue weighted by atomic mass is 32.1. The summed E-state index contributed by atoms with van der Waals surface area (Å²) in [5.74, 6) is -0.00720. The van der Waals surface area contributed by atoms with Crippen molar-refractivity contribution in [1.82, 2.24) is 5.32 Å². The maximum atomic E-state index is 10.8. The molecule has 2 aromatic rings. The SMILES string of the molecule is COc1ccc(CCNCc2cc(C(=O)O)cs2)cc1. The summed E-state index contributed by atoms with van der Waals surface area (Å²) in [7, 11) is 1.66. The number of aromatic carboxylic acids is 1. The third-order valence-electron chi connectivity index (χ3n) is 2.95. The molecular formula is C15H17NO3S. The first kappa shape index (κ1) is 14.6. The molecule has 1 aromatic heterocycles. The maximum Gasteiger partial charge on any atom is 0.336 e. The monoisotopic (exact) mass is 291 g/mol. The van der Waals surface area contributed by atoms with Crippen LogP contribution in [0.5, 0.6) is 5.75 Å². The highest BCUT2D eigenvalue weighted by Crippen LogP contribution is 2.14. The van der Waals surface area contributed by atoms with Gasteiger partial charge in [0.05, 0.1) is 12.7 Å². The molecule has 2 rings (SSSR count). The Kier molecular flexibility index (Phi) is 5.15. The van der Waals surface area contributed by atoms with Gasteiger partial charge in [0.1, 0.15) is 5.75 Å². The van der Waals surface area contributed by atoms with Crippen LogP contribution in [0.4, 0.5) is 0 Å². The van der Waals surface area contributed by atoms with Gasteiger partial charge in [0.25, 0.3) is 0 Å². The van der Waals surface area contributed by atoms with Gasteiger partial charge in [-0.05, 0) is 36.7 Å². The molecule has 0 spiro atoms. The highest BCUT2D eigenvalue weighted by Gasteiger charge is 2.05. The molecule has 0 aliphatic rings. The Bertz CT molecular complexity index is 563. The summed E-state index contributed by atoms with van der Waals surface area (Å²) in [5.41, 5.74) is 1.61. The van der Waals surface area contributed by atoms with E-state index in [9.17, 15) is 4.79 Å². The van der Waals surface area contributed by atoms with Gasteiger partial charge in [0.2, 0.25) is 0 Å². The fourth-order valence-corrected chi connectivity index (χ4v) is 2.65. The summed E-state index contributed by atoms with van der Waals surface area (Å²) in [6.07, 6.45) is 0.932. The highest BCUT2D eigenvalue weighted by molar-refractivity contribution is 7.10. The summed E-state index contributed by atoms with van der Waals surface area (Å²) in [6, 6.07) is 9.72. The van der Waals surface area contributed by atoms with Crippen LogP contribution in [0.3, 0.4) is 0 Å². The summed E-state index contributed by atoms with van der Waals surface area (Å²) < 4.78 is 5.11. The summed E-state index contributed by atoms with van der Waals surface area (Å²) in [5, 5.41) is 13.8. The van der Waals surface area contributed by atoms with Gasteiger partial charge in [-0.15, -0.1) is 11.3 Å². The lowest BCUT2D eigenvalue weighted by Gasteiger charge is -2.05. The van der Waals surface area contributed by atoms with Crippen molar-refractivity contribution in [2.45, 2.75) is 13.0 Å². The predicted molar refractivity (Wildman–Crippen MR) is 79.7 cm³/mol. The average molecular weight is 291 g/mol. The van der Waals surface area contributed by atoms with Gasteiger partial charge >= 0.3 is 5.97 Å². The van der Waals surface area contributed by atoms with Crippen molar-refractivity contribution in [2.75, 3.05) is 13.7 Å². The standard InChI is InChI=1S/C15H17NO3S/c1-19-13-4-2-11(3-5-13)6-7-16-9-14-8-12(10-20-14)15(17)18/h2-5,8,10,16H,6-7,9H2,1H3,(H,17,18). The second-order valence-corrected chi connectivity index (χ2v) is 5.38. The number of carboxylic acids is 1. The van der Waals surface area contributed by atoms with Crippen LogP contribution >= 0.6 is 11.3 Å². The molecule has 0 bridgehead atoms. The topological polar surface area (TPSA) is 58.6 Å². The van der Waals surface area contributed by atoms with Crippen LogP contribution in [0.15, 0.2) is 35.7 Å². The quantitative estimate of drug-likeness (QED) is 0.770. The lowest BCUT2D eigenvalue weighted by Crippen LogP contribution is -2.15. The van der Waals surface area contributed by atoms with Gasteiger partial charge in [0, 0.05) is 16.8 Å². The van der Waals surface area contributed by atoms with E-state index in [-0.39, 0.29) is 0 Å². The average Bonchev–Trinajstić information content (AvgIpc) is 2.93. The second kappa shape index (κ2) is 7.07. The van der Waals surface area contributed by atoms with Crippen molar-refractivity contribution in [3.8, 4) is 5.75 Å². The minimum Gasteiger partial charge on any atom is -0.497 e. The van der Waals surface area contributed by atoms with Gasteiger partial charge < -0.3 is 15.2 Å². The van der Waals surface area contributed by atoms with Crippen LogP contribution in [0.1, 0.15) is 20.8 Å². The number of rotatable bonds is 7. The molecule has 1 heterocycles. The Morgan fingerprint density at radius 3 is 2.70 bits per heavy atom. The molecule has 0 unspecified atom stereocenters. The zero-order valence-corrected chi connectivity index (χ0v) is 12.1. The van der Waals surface area contributed by atoms with E-state index in [1.165, 1.54) is 16.9 Å². The van der Waals surface area contributed by atoms with Crippen LogP contribution in [0, 0.1) is 0 Å². The van der Waals surface area contributed by atoms with E-state index in [1.54, 1.807) is 18.6 Å². The number of hydrogen-bond acceptors (Lipinski definition) is 4. The number of thiophene rings is 1. The number of carbonyl (C=O) groups is 1. The first-order chi connectivity index (χ1) is 9.69. The van der Waals surface area contributed by atoms with E-state index in [0.29, 0.717) is 12.1 Å². The van der Waals surface area contributed by atoms with Crippen LogP contribution in [-0.2, 0) is 13.0 Å². The van der Waals surface area contributed by atoms with Gasteiger partial charge in [-0.2, -0.15) is 0 Å². The van der Waals surface area contributed by atoms with Gasteiger partial charge in [-0.3, -0.25) is 0 Å². The van der Waals surface area contributed by atoms with Gasteiger partial charge in [0.15, 0.2) is 0 Å². The van der Waals surface area contributed by atoms with E-state index < -0.39 is 5.97 Å². The zero-order valence-electron chi connectivity index (χ0n) is 11.3. The Labute approximate surface area is 122 Å². The third-order valence-corrected chi connectivity index (χ3v) is 3.89. The molecule has 0 atom stereocenters. The van der Waals surface area contributed by atoms with Gasteiger partial charge in [-0.1, -0.05) is 12.1 Å². The van der Waals surface area contributed by atoms with Crippen LogP contribution in [0.25, 0.3) is 0 Å². The first-order valence-corrected chi connectivity index (χ1v) is 7.21. The molecule has 0 amide bonds. The van der Waals surface area contributed by atoms with E-state index in [0.717, 1.165) is 23.6 Å². The van der Waals surface area contributed by atoms with Crippen LogP contribution in [0.2, 0.25) is 0 Å². The lowest BCUT2D eigenvalue weighted by atomic mass is 10.1. The molecule has 0 aliphatic carbocycles. The maximum absolute atomic E-state index is 10.8. The predicted octanol–water partition coefficient (Wildman–Crippen LogP) is 2.79. The van der Waals surface area contributed by atoms with Gasteiger partial charge in [-0.25, -0.2) is 4.79 Å². The van der Waals surface area contributed by atoms with Crippen LogP contribution in [-0.4, -0.2) is 24.7 Å². The molecule has 4 nitrogen and oxygen atoms in total. The Morgan fingerprint density at radius 1 is 1.35 bits per heavy atom. The molecule has 2 N–H and O–H groups in total. The fourth-order valence-electron chi connectivity index (χ4n) is 1.82. The molecule has 0 saturated heterocycles. The van der Waals surface area contributed by atoms with Crippen molar-refractivity contribution in [3.05, 3.63) is 51.7 Å². The molecule has 0 saturated carbocycles. The molecule has 106 valence electrons. The Balaban J connectivity index is 1.73. The summed E-state index contributed by atoms with van der Waals surface area (Å²) >= 11 is 1.47. The fraction of sp³-hybridized carbons (Fsp3) is 0.267. The molecule has 0 fully saturated rings. The van der Waals surface area contributed by atoms with Crippen molar-refractivity contribution in [1.29, 1.82) is 0 Å². The number of benzene rings is 1. The minimum absolute atomic E-state index is 0.363. The first-order valence-electron chi connectivity index (χ1n) is 6.33. The van der Waals surface area contributed by atoms with Crippen molar-refractivity contribution < 1.29 is 14.6 Å². The zero-order chi connectivity index (χ0) is 14.4. The number of nitrogens with one attached hydrogen (secondary N) is 1. The van der Waals surface area contributed by atoms with Crippen molar-refractivity contribution in [3.63, 3.8) is 0 Å². The molecular weight excluding hydrogens is 274 g/mol. The normalized spacial score (nSPS) is 10.4. The molecule has 5 heteroatoms. The molecule has 0 aliphatic heterocycles. The summed E-state index contributed by atoms with van der Waals surface area (Å²) in [6.45, 7) is 1.56. The number of ether oxygens (including phenoxy) is 1. The second-order valence-electron chi connectivity index (χ2n) is 4.38. The molecule has 1 aromatic carbocycles. The largest absolute Gasteiger partial charge is 0.497 e. The van der Waals surface area contributed by atoms with Crippen LogP contribution < -0.4 is 10.1 Å². The van der Waals surface area contributed by atoms with E-state index >= 15 is 0 Å².